The number of methoxy groups -OCH3 is 1. The van der Waals surface area contributed by atoms with Crippen molar-refractivity contribution in [2.45, 2.75) is 0 Å². The van der Waals surface area contributed by atoms with Crippen LogP contribution >= 0.6 is 11.6 Å². The van der Waals surface area contributed by atoms with Gasteiger partial charge < -0.3 is 9.72 Å². The molecule has 0 unspecified atom stereocenters. The zero-order valence-corrected chi connectivity index (χ0v) is 9.45. The minimum Gasteiger partial charge on any atom is -0.494 e. The van der Waals surface area contributed by atoms with Gasteiger partial charge in [-0.25, -0.2) is 0 Å². The number of nitro benzene ring substituents is 1. The highest BCUT2D eigenvalue weighted by Gasteiger charge is 2.18. The van der Waals surface area contributed by atoms with Crippen molar-refractivity contribution in [1.29, 1.82) is 0 Å². The number of hydrogen-bond acceptors (Lipinski definition) is 4. The Morgan fingerprint density at radius 1 is 1.53 bits per heavy atom. The molecule has 7 heteroatoms. The molecule has 0 saturated heterocycles. The summed E-state index contributed by atoms with van der Waals surface area (Å²) in [6.07, 6.45) is 0.546. The number of ether oxygens (including phenoxy) is 1. The number of nitrogens with zero attached hydrogens (tertiary/aromatic N) is 1. The molecule has 88 valence electrons. The Balaban J connectivity index is 2.87. The SMILES string of the molecule is COc1cc([N+](=O)[O-])cc2c(C=O)c(Cl)[nH]c12. The van der Waals surface area contributed by atoms with Gasteiger partial charge in [-0.2, -0.15) is 0 Å². The molecule has 1 aromatic heterocycles. The van der Waals surface area contributed by atoms with Gasteiger partial charge in [0, 0.05) is 11.5 Å². The monoisotopic (exact) mass is 254 g/mol. The van der Waals surface area contributed by atoms with E-state index in [-0.39, 0.29) is 22.2 Å². The number of fused-ring (bicyclic) bond motifs is 1. The molecule has 0 aliphatic rings. The van der Waals surface area contributed by atoms with E-state index < -0.39 is 4.92 Å². The zero-order chi connectivity index (χ0) is 12.6. The molecule has 0 aliphatic heterocycles. The van der Waals surface area contributed by atoms with E-state index in [0.29, 0.717) is 17.2 Å². The maximum absolute atomic E-state index is 10.9. The number of aromatic nitrogens is 1. The van der Waals surface area contributed by atoms with E-state index in [9.17, 15) is 14.9 Å². The topological polar surface area (TPSA) is 85.2 Å². The van der Waals surface area contributed by atoms with Gasteiger partial charge in [0.2, 0.25) is 0 Å². The molecule has 0 saturated carbocycles. The summed E-state index contributed by atoms with van der Waals surface area (Å²) in [6, 6.07) is 2.55. The van der Waals surface area contributed by atoms with Crippen LogP contribution in [0.1, 0.15) is 10.4 Å². The van der Waals surface area contributed by atoms with Crippen molar-refractivity contribution in [3.8, 4) is 5.75 Å². The van der Waals surface area contributed by atoms with Gasteiger partial charge in [0.15, 0.2) is 6.29 Å². The van der Waals surface area contributed by atoms with Crippen LogP contribution in [0.2, 0.25) is 5.15 Å². The molecular weight excluding hydrogens is 248 g/mol. The summed E-state index contributed by atoms with van der Waals surface area (Å²) >= 11 is 5.82. The molecular formula is C10H7ClN2O4. The lowest BCUT2D eigenvalue weighted by Gasteiger charge is -2.01. The van der Waals surface area contributed by atoms with Crippen molar-refractivity contribution in [3.63, 3.8) is 0 Å². The van der Waals surface area contributed by atoms with Crippen molar-refractivity contribution in [1.82, 2.24) is 4.98 Å². The molecule has 1 N–H and O–H groups in total. The van der Waals surface area contributed by atoms with E-state index in [1.165, 1.54) is 19.2 Å². The highest BCUT2D eigenvalue weighted by atomic mass is 35.5. The lowest BCUT2D eigenvalue weighted by Crippen LogP contribution is -1.91. The molecule has 0 spiro atoms. The Morgan fingerprint density at radius 2 is 2.24 bits per heavy atom. The first kappa shape index (κ1) is 11.4. The highest BCUT2D eigenvalue weighted by molar-refractivity contribution is 6.34. The molecule has 1 aromatic carbocycles. The maximum atomic E-state index is 10.9. The summed E-state index contributed by atoms with van der Waals surface area (Å²) in [6.45, 7) is 0. The first-order valence-electron chi connectivity index (χ1n) is 4.57. The number of non-ortho nitro benzene ring substituents is 1. The number of carbonyl (C=O) groups is 1. The minimum atomic E-state index is -0.558. The van der Waals surface area contributed by atoms with Gasteiger partial charge in [-0.05, 0) is 0 Å². The Hall–Kier alpha value is -2.08. The molecule has 1 heterocycles. The highest BCUT2D eigenvalue weighted by Crippen LogP contribution is 2.35. The van der Waals surface area contributed by atoms with E-state index in [4.69, 9.17) is 16.3 Å². The third-order valence-corrected chi connectivity index (χ3v) is 2.69. The Labute approximate surface area is 100 Å². The number of H-pyrrole nitrogens is 1. The summed E-state index contributed by atoms with van der Waals surface area (Å²) in [7, 11) is 1.38. The quantitative estimate of drug-likeness (QED) is 0.518. The predicted octanol–water partition coefficient (Wildman–Crippen LogP) is 2.55. The first-order chi connectivity index (χ1) is 8.08. The molecule has 6 nitrogen and oxygen atoms in total. The summed E-state index contributed by atoms with van der Waals surface area (Å²) in [4.78, 5) is 23.8. The smallest absolute Gasteiger partial charge is 0.273 e. The zero-order valence-electron chi connectivity index (χ0n) is 8.69. The number of benzene rings is 1. The van der Waals surface area contributed by atoms with Crippen LogP contribution in [0.25, 0.3) is 10.9 Å². The van der Waals surface area contributed by atoms with Crippen molar-refractivity contribution in [2.24, 2.45) is 0 Å². The van der Waals surface area contributed by atoms with Crippen LogP contribution < -0.4 is 4.74 Å². The Morgan fingerprint density at radius 3 is 2.76 bits per heavy atom. The third kappa shape index (κ3) is 1.72. The van der Waals surface area contributed by atoms with E-state index in [1.807, 2.05) is 0 Å². The second-order valence-electron chi connectivity index (χ2n) is 3.30. The van der Waals surface area contributed by atoms with E-state index in [1.54, 1.807) is 0 Å². The standard InChI is InChI=1S/C10H7ClN2O4/c1-17-8-3-5(13(15)16)2-6-7(4-14)10(11)12-9(6)8/h2-4,12H,1H3. The second-order valence-corrected chi connectivity index (χ2v) is 3.68. The van der Waals surface area contributed by atoms with Gasteiger partial charge in [-0.3, -0.25) is 14.9 Å². The summed E-state index contributed by atoms with van der Waals surface area (Å²) in [5, 5.41) is 11.2. The fraction of sp³-hybridized carbons (Fsp3) is 0.100. The predicted molar refractivity (Wildman–Crippen MR) is 61.9 cm³/mol. The van der Waals surface area contributed by atoms with Crippen molar-refractivity contribution < 1.29 is 14.5 Å². The summed E-state index contributed by atoms with van der Waals surface area (Å²) < 4.78 is 5.02. The molecule has 17 heavy (non-hydrogen) atoms. The van der Waals surface area contributed by atoms with E-state index in [2.05, 4.69) is 4.98 Å². The van der Waals surface area contributed by atoms with Crippen LogP contribution in [-0.2, 0) is 0 Å². The van der Waals surface area contributed by atoms with Gasteiger partial charge in [-0.15, -0.1) is 0 Å². The van der Waals surface area contributed by atoms with Crippen LogP contribution in [0.4, 0.5) is 5.69 Å². The molecule has 0 bridgehead atoms. The van der Waals surface area contributed by atoms with Crippen molar-refractivity contribution in [2.75, 3.05) is 7.11 Å². The molecule has 2 aromatic rings. The van der Waals surface area contributed by atoms with Crippen molar-refractivity contribution >= 4 is 34.5 Å². The minimum absolute atomic E-state index is 0.133. The number of rotatable bonds is 3. The molecule has 0 radical (unpaired) electrons. The summed E-state index contributed by atoms with van der Waals surface area (Å²) in [5.41, 5.74) is 0.488. The molecule has 0 fully saturated rings. The van der Waals surface area contributed by atoms with Gasteiger partial charge >= 0.3 is 0 Å². The van der Waals surface area contributed by atoms with Crippen molar-refractivity contribution in [3.05, 3.63) is 33.0 Å². The average Bonchev–Trinajstić information content (AvgIpc) is 2.62. The fourth-order valence-corrected chi connectivity index (χ4v) is 1.86. The molecule has 2 rings (SSSR count). The van der Waals surface area contributed by atoms with Crippen LogP contribution in [0.5, 0.6) is 5.75 Å². The van der Waals surface area contributed by atoms with E-state index in [0.717, 1.165) is 0 Å². The van der Waals surface area contributed by atoms with Crippen LogP contribution in [-0.4, -0.2) is 23.3 Å². The number of carbonyl (C=O) groups excluding carboxylic acids is 1. The van der Waals surface area contributed by atoms with Gasteiger partial charge in [0.25, 0.3) is 5.69 Å². The number of aldehydes is 1. The second kappa shape index (κ2) is 4.06. The average molecular weight is 255 g/mol. The third-order valence-electron chi connectivity index (χ3n) is 2.40. The van der Waals surface area contributed by atoms with Gasteiger partial charge in [-0.1, -0.05) is 11.6 Å². The summed E-state index contributed by atoms with van der Waals surface area (Å²) in [5.74, 6) is 0.268. The van der Waals surface area contributed by atoms with Gasteiger partial charge in [0.05, 0.1) is 29.2 Å². The number of hydrogen-bond donors (Lipinski definition) is 1. The van der Waals surface area contributed by atoms with Gasteiger partial charge in [0.1, 0.15) is 10.9 Å². The number of nitro groups is 1. The molecule has 0 aliphatic carbocycles. The Bertz CT molecular complexity index is 620. The van der Waals surface area contributed by atoms with Crippen LogP contribution in [0.3, 0.4) is 0 Å². The largest absolute Gasteiger partial charge is 0.494 e. The first-order valence-corrected chi connectivity index (χ1v) is 4.95. The number of halogens is 1. The maximum Gasteiger partial charge on any atom is 0.273 e. The van der Waals surface area contributed by atoms with Crippen LogP contribution in [0.15, 0.2) is 12.1 Å². The molecule has 0 atom stereocenters. The Kier molecular flexibility index (Phi) is 2.72. The normalized spacial score (nSPS) is 10.5. The fourth-order valence-electron chi connectivity index (χ4n) is 1.62. The number of aromatic amines is 1. The lowest BCUT2D eigenvalue weighted by atomic mass is 10.1. The van der Waals surface area contributed by atoms with E-state index >= 15 is 0 Å². The molecule has 0 amide bonds. The van der Waals surface area contributed by atoms with Crippen LogP contribution in [0, 0.1) is 10.1 Å². The number of nitrogens with one attached hydrogen (secondary N) is 1. The lowest BCUT2D eigenvalue weighted by molar-refractivity contribution is -0.384.